The van der Waals surface area contributed by atoms with Crippen molar-refractivity contribution in [1.29, 1.82) is 0 Å². The molecule has 0 saturated heterocycles. The Morgan fingerprint density at radius 1 is 0.905 bits per heavy atom. The van der Waals surface area contributed by atoms with Crippen LogP contribution >= 0.6 is 15.9 Å². The molecule has 0 spiro atoms. The first-order valence-electron chi connectivity index (χ1n) is 6.37. The van der Waals surface area contributed by atoms with E-state index in [1.165, 1.54) is 0 Å². The van der Waals surface area contributed by atoms with Crippen LogP contribution in [0.2, 0.25) is 0 Å². The summed E-state index contributed by atoms with van der Waals surface area (Å²) in [4.78, 5) is 8.22. The van der Waals surface area contributed by atoms with E-state index in [4.69, 9.17) is 9.15 Å². The highest BCUT2D eigenvalue weighted by atomic mass is 79.9. The van der Waals surface area contributed by atoms with Crippen LogP contribution in [0.15, 0.2) is 63.7 Å². The highest BCUT2D eigenvalue weighted by Gasteiger charge is 2.12. The molecule has 0 bridgehead atoms. The average Bonchev–Trinajstić information content (AvgIpc) is 2.89. The van der Waals surface area contributed by atoms with Crippen molar-refractivity contribution < 1.29 is 9.15 Å². The van der Waals surface area contributed by atoms with E-state index in [1.807, 2.05) is 42.5 Å². The second-order valence-corrected chi connectivity index (χ2v) is 5.43. The minimum absolute atomic E-state index is 0.283. The molecule has 0 unspecified atom stereocenters. The van der Waals surface area contributed by atoms with Crippen LogP contribution in [-0.2, 0) is 0 Å². The summed E-state index contributed by atoms with van der Waals surface area (Å²) >= 11 is 3.29. The number of rotatable bonds is 2. The largest absolute Gasteiger partial charge is 0.452 e. The zero-order valence-corrected chi connectivity index (χ0v) is 12.4. The number of halogens is 1. The summed E-state index contributed by atoms with van der Waals surface area (Å²) in [5.74, 6) is 0.603. The Bertz CT molecular complexity index is 932. The number of nitrogens with zero attached hydrogens (tertiary/aromatic N) is 2. The third-order valence-corrected chi connectivity index (χ3v) is 3.58. The quantitative estimate of drug-likeness (QED) is 0.519. The monoisotopic (exact) mass is 340 g/mol. The van der Waals surface area contributed by atoms with Gasteiger partial charge in [-0.1, -0.05) is 30.3 Å². The summed E-state index contributed by atoms with van der Waals surface area (Å²) in [6, 6.07) is 14.0. The van der Waals surface area contributed by atoms with Crippen LogP contribution in [0.5, 0.6) is 11.8 Å². The standard InChI is InChI=1S/C16H9BrN2O2/c17-10-8-18-16(19-9-10)21-14-7-3-5-12-11-4-1-2-6-13(11)20-15(12)14/h1-9H. The predicted molar refractivity (Wildman–Crippen MR) is 83.5 cm³/mol. The lowest BCUT2D eigenvalue weighted by atomic mass is 10.1. The van der Waals surface area contributed by atoms with E-state index in [0.29, 0.717) is 11.3 Å². The van der Waals surface area contributed by atoms with Crippen LogP contribution in [0.1, 0.15) is 0 Å². The van der Waals surface area contributed by atoms with Gasteiger partial charge in [-0.3, -0.25) is 0 Å². The van der Waals surface area contributed by atoms with Crippen LogP contribution in [0.4, 0.5) is 0 Å². The second kappa shape index (κ2) is 4.86. The Morgan fingerprint density at radius 3 is 2.52 bits per heavy atom. The van der Waals surface area contributed by atoms with E-state index in [9.17, 15) is 0 Å². The van der Waals surface area contributed by atoms with Crippen LogP contribution in [0, 0.1) is 0 Å². The number of aromatic nitrogens is 2. The van der Waals surface area contributed by atoms with E-state index in [-0.39, 0.29) is 6.01 Å². The van der Waals surface area contributed by atoms with Gasteiger partial charge in [0.1, 0.15) is 5.58 Å². The first kappa shape index (κ1) is 12.3. The Hall–Kier alpha value is -2.40. The fourth-order valence-corrected chi connectivity index (χ4v) is 2.46. The maximum Gasteiger partial charge on any atom is 0.322 e. The molecule has 4 nitrogen and oxygen atoms in total. The van der Waals surface area contributed by atoms with Crippen molar-refractivity contribution in [2.45, 2.75) is 0 Å². The van der Waals surface area contributed by atoms with Crippen molar-refractivity contribution >= 4 is 37.9 Å². The van der Waals surface area contributed by atoms with Gasteiger partial charge in [-0.15, -0.1) is 0 Å². The molecule has 0 aliphatic carbocycles. The molecule has 2 aromatic carbocycles. The van der Waals surface area contributed by atoms with E-state index in [0.717, 1.165) is 20.8 Å². The number of hydrogen-bond donors (Lipinski definition) is 0. The Morgan fingerprint density at radius 2 is 1.67 bits per heavy atom. The Balaban J connectivity index is 1.86. The molecule has 0 amide bonds. The van der Waals surface area contributed by atoms with Crippen molar-refractivity contribution in [1.82, 2.24) is 9.97 Å². The van der Waals surface area contributed by atoms with Gasteiger partial charge in [0.05, 0.1) is 4.47 Å². The van der Waals surface area contributed by atoms with Gasteiger partial charge in [0, 0.05) is 23.2 Å². The van der Waals surface area contributed by atoms with E-state index < -0.39 is 0 Å². The first-order valence-corrected chi connectivity index (χ1v) is 7.16. The summed E-state index contributed by atoms with van der Waals surface area (Å²) in [5, 5.41) is 2.08. The lowest BCUT2D eigenvalue weighted by molar-refractivity contribution is 0.437. The number of benzene rings is 2. The Labute approximate surface area is 128 Å². The molecule has 0 radical (unpaired) electrons. The van der Waals surface area contributed by atoms with Gasteiger partial charge in [0.25, 0.3) is 0 Å². The predicted octanol–water partition coefficient (Wildman–Crippen LogP) is 4.93. The van der Waals surface area contributed by atoms with Crippen LogP contribution < -0.4 is 4.74 Å². The minimum Gasteiger partial charge on any atom is -0.452 e. The van der Waals surface area contributed by atoms with Crippen molar-refractivity contribution in [3.63, 3.8) is 0 Å². The SMILES string of the molecule is Brc1cnc(Oc2cccc3c2oc2ccccc23)nc1. The molecule has 4 rings (SSSR count). The van der Waals surface area contributed by atoms with Crippen molar-refractivity contribution in [2.75, 3.05) is 0 Å². The number of fused-ring (bicyclic) bond motifs is 3. The van der Waals surface area contributed by atoms with E-state index in [2.05, 4.69) is 25.9 Å². The highest BCUT2D eigenvalue weighted by Crippen LogP contribution is 2.35. The van der Waals surface area contributed by atoms with Gasteiger partial charge in [-0.05, 0) is 28.1 Å². The zero-order chi connectivity index (χ0) is 14.2. The molecule has 0 saturated carbocycles. The summed E-state index contributed by atoms with van der Waals surface area (Å²) in [6.07, 6.45) is 3.28. The summed E-state index contributed by atoms with van der Waals surface area (Å²) in [7, 11) is 0. The van der Waals surface area contributed by atoms with Crippen LogP contribution in [0.25, 0.3) is 21.9 Å². The lowest BCUT2D eigenvalue weighted by Crippen LogP contribution is -1.90. The molecule has 5 heteroatoms. The smallest absolute Gasteiger partial charge is 0.322 e. The fourth-order valence-electron chi connectivity index (χ4n) is 2.25. The third-order valence-electron chi connectivity index (χ3n) is 3.17. The maximum atomic E-state index is 5.89. The number of hydrogen-bond acceptors (Lipinski definition) is 4. The fraction of sp³-hybridized carbons (Fsp3) is 0. The molecule has 0 N–H and O–H groups in total. The van der Waals surface area contributed by atoms with Gasteiger partial charge in [0.15, 0.2) is 11.3 Å². The van der Waals surface area contributed by atoms with Gasteiger partial charge >= 0.3 is 6.01 Å². The van der Waals surface area contributed by atoms with Crippen molar-refractivity contribution in [3.05, 3.63) is 59.3 Å². The van der Waals surface area contributed by atoms with Gasteiger partial charge < -0.3 is 9.15 Å². The lowest BCUT2D eigenvalue weighted by Gasteiger charge is -2.03. The molecule has 0 fully saturated rings. The van der Waals surface area contributed by atoms with Crippen LogP contribution in [0.3, 0.4) is 0 Å². The molecular weight excluding hydrogens is 332 g/mol. The highest BCUT2D eigenvalue weighted by molar-refractivity contribution is 9.10. The topological polar surface area (TPSA) is 48.2 Å². The molecule has 0 aliphatic heterocycles. The normalized spacial score (nSPS) is 11.1. The molecule has 4 aromatic rings. The van der Waals surface area contributed by atoms with E-state index in [1.54, 1.807) is 12.4 Å². The van der Waals surface area contributed by atoms with Crippen molar-refractivity contribution in [2.24, 2.45) is 0 Å². The minimum atomic E-state index is 0.283. The number of furan rings is 1. The number of ether oxygens (including phenoxy) is 1. The van der Waals surface area contributed by atoms with Crippen LogP contribution in [-0.4, -0.2) is 9.97 Å². The van der Waals surface area contributed by atoms with Crippen molar-refractivity contribution in [3.8, 4) is 11.8 Å². The van der Waals surface area contributed by atoms with Gasteiger partial charge in [-0.2, -0.15) is 0 Å². The molecule has 2 aromatic heterocycles. The van der Waals surface area contributed by atoms with E-state index >= 15 is 0 Å². The summed E-state index contributed by atoms with van der Waals surface area (Å²) in [6.45, 7) is 0. The second-order valence-electron chi connectivity index (χ2n) is 4.52. The zero-order valence-electron chi connectivity index (χ0n) is 10.8. The maximum absolute atomic E-state index is 5.89. The number of para-hydroxylation sites is 2. The molecule has 2 heterocycles. The molecule has 0 atom stereocenters. The van der Waals surface area contributed by atoms with Gasteiger partial charge in [0.2, 0.25) is 0 Å². The molecule has 21 heavy (non-hydrogen) atoms. The molecule has 102 valence electrons. The summed E-state index contributed by atoms with van der Waals surface area (Å²) in [5.41, 5.74) is 1.53. The molecular formula is C16H9BrN2O2. The summed E-state index contributed by atoms with van der Waals surface area (Å²) < 4.78 is 12.4. The first-order chi connectivity index (χ1) is 10.3. The molecule has 0 aliphatic rings. The third kappa shape index (κ3) is 2.15. The van der Waals surface area contributed by atoms with Gasteiger partial charge in [-0.25, -0.2) is 9.97 Å². The Kier molecular flexibility index (Phi) is 2.86. The average molecular weight is 341 g/mol.